The third kappa shape index (κ3) is 4.23. The zero-order valence-corrected chi connectivity index (χ0v) is 13.2. The van der Waals surface area contributed by atoms with Crippen molar-refractivity contribution in [1.82, 2.24) is 5.32 Å². The molecule has 1 aromatic heterocycles. The monoisotopic (exact) mass is 305 g/mol. The second-order valence-electron chi connectivity index (χ2n) is 4.75. The van der Waals surface area contributed by atoms with Crippen LogP contribution in [0.4, 0.5) is 0 Å². The van der Waals surface area contributed by atoms with Gasteiger partial charge in [-0.3, -0.25) is 4.79 Å². The van der Waals surface area contributed by atoms with Gasteiger partial charge in [0.15, 0.2) is 18.1 Å². The third-order valence-electron chi connectivity index (χ3n) is 3.03. The highest BCUT2D eigenvalue weighted by Crippen LogP contribution is 2.27. The van der Waals surface area contributed by atoms with Crippen LogP contribution in [0.25, 0.3) is 0 Å². The molecule has 1 N–H and O–H groups in total. The summed E-state index contributed by atoms with van der Waals surface area (Å²) in [6.07, 6.45) is 0. The van der Waals surface area contributed by atoms with Crippen LogP contribution in [0.1, 0.15) is 23.4 Å². The molecule has 0 aliphatic heterocycles. The fourth-order valence-corrected chi connectivity index (χ4v) is 2.66. The molecule has 0 fully saturated rings. The lowest BCUT2D eigenvalue weighted by Gasteiger charge is -2.14. The Balaban J connectivity index is 1.89. The van der Waals surface area contributed by atoms with Crippen molar-refractivity contribution in [2.24, 2.45) is 0 Å². The van der Waals surface area contributed by atoms with E-state index in [0.717, 1.165) is 10.4 Å². The van der Waals surface area contributed by atoms with Crippen molar-refractivity contribution in [3.05, 3.63) is 46.2 Å². The highest BCUT2D eigenvalue weighted by molar-refractivity contribution is 7.10. The van der Waals surface area contributed by atoms with Gasteiger partial charge in [-0.05, 0) is 43.0 Å². The smallest absolute Gasteiger partial charge is 0.258 e. The Bertz CT molecular complexity index is 596. The van der Waals surface area contributed by atoms with Crippen molar-refractivity contribution in [2.45, 2.75) is 19.9 Å². The maximum absolute atomic E-state index is 11.9. The lowest BCUT2D eigenvalue weighted by Crippen LogP contribution is -2.30. The summed E-state index contributed by atoms with van der Waals surface area (Å²) in [5.41, 5.74) is 1.08. The number of amides is 1. The number of methoxy groups -OCH3 is 1. The number of hydrogen-bond donors (Lipinski definition) is 1. The van der Waals surface area contributed by atoms with Crippen molar-refractivity contribution in [1.29, 1.82) is 0 Å². The van der Waals surface area contributed by atoms with Gasteiger partial charge in [0.05, 0.1) is 13.2 Å². The summed E-state index contributed by atoms with van der Waals surface area (Å²) in [5, 5.41) is 4.90. The number of carbonyl (C=O) groups excluding carboxylic acids is 1. The number of thiophene rings is 1. The summed E-state index contributed by atoms with van der Waals surface area (Å²) in [4.78, 5) is 13.0. The van der Waals surface area contributed by atoms with Gasteiger partial charge in [-0.2, -0.15) is 0 Å². The van der Waals surface area contributed by atoms with Crippen LogP contribution in [-0.2, 0) is 4.79 Å². The molecule has 0 saturated heterocycles. The van der Waals surface area contributed by atoms with Gasteiger partial charge in [0.1, 0.15) is 0 Å². The van der Waals surface area contributed by atoms with Crippen molar-refractivity contribution in [3.63, 3.8) is 0 Å². The Hall–Kier alpha value is -2.01. The summed E-state index contributed by atoms with van der Waals surface area (Å²) in [6, 6.07) is 9.56. The number of ether oxygens (including phenoxy) is 2. The molecule has 21 heavy (non-hydrogen) atoms. The summed E-state index contributed by atoms with van der Waals surface area (Å²) in [5.74, 6) is 1.05. The Morgan fingerprint density at radius 3 is 2.81 bits per heavy atom. The van der Waals surface area contributed by atoms with Crippen LogP contribution in [0.5, 0.6) is 11.5 Å². The van der Waals surface area contributed by atoms with Gasteiger partial charge in [-0.15, -0.1) is 11.3 Å². The van der Waals surface area contributed by atoms with Crippen LogP contribution >= 0.6 is 11.3 Å². The van der Waals surface area contributed by atoms with Crippen molar-refractivity contribution in [3.8, 4) is 11.5 Å². The highest BCUT2D eigenvalue weighted by Gasteiger charge is 2.12. The zero-order valence-electron chi connectivity index (χ0n) is 12.4. The molecule has 0 saturated carbocycles. The van der Waals surface area contributed by atoms with E-state index in [1.54, 1.807) is 18.4 Å². The van der Waals surface area contributed by atoms with Gasteiger partial charge < -0.3 is 14.8 Å². The van der Waals surface area contributed by atoms with E-state index in [1.807, 2.05) is 49.6 Å². The van der Waals surface area contributed by atoms with Gasteiger partial charge in [0, 0.05) is 4.88 Å². The Labute approximate surface area is 128 Å². The lowest BCUT2D eigenvalue weighted by atomic mass is 10.2. The minimum atomic E-state index is -0.154. The van der Waals surface area contributed by atoms with Crippen LogP contribution < -0.4 is 14.8 Å². The molecule has 112 valence electrons. The fourth-order valence-electron chi connectivity index (χ4n) is 1.93. The molecule has 1 amide bonds. The van der Waals surface area contributed by atoms with Crippen molar-refractivity contribution in [2.75, 3.05) is 13.7 Å². The average Bonchev–Trinajstić information content (AvgIpc) is 3.00. The number of carbonyl (C=O) groups is 1. The third-order valence-corrected chi connectivity index (χ3v) is 4.08. The molecule has 0 aliphatic carbocycles. The molecule has 1 aromatic carbocycles. The molecular formula is C16H19NO3S. The minimum absolute atomic E-state index is 0.0130. The van der Waals surface area contributed by atoms with Crippen LogP contribution in [0.2, 0.25) is 0 Å². The summed E-state index contributed by atoms with van der Waals surface area (Å²) in [6.45, 7) is 3.90. The molecule has 1 atom stereocenters. The van der Waals surface area contributed by atoms with E-state index in [4.69, 9.17) is 9.47 Å². The van der Waals surface area contributed by atoms with E-state index in [2.05, 4.69) is 5.32 Å². The maximum atomic E-state index is 11.9. The Kier molecular flexibility index (Phi) is 5.22. The lowest BCUT2D eigenvalue weighted by molar-refractivity contribution is -0.123. The number of nitrogens with one attached hydrogen (secondary N) is 1. The molecule has 1 heterocycles. The van der Waals surface area contributed by atoms with Crippen LogP contribution in [0.15, 0.2) is 35.7 Å². The standard InChI is InChI=1S/C16H19NO3S/c1-11-6-7-13(14(9-11)19-3)20-10-16(18)17-12(2)15-5-4-8-21-15/h4-9,12H,10H2,1-3H3,(H,17,18). The zero-order chi connectivity index (χ0) is 15.2. The van der Waals surface area contributed by atoms with E-state index in [0.29, 0.717) is 11.5 Å². The van der Waals surface area contributed by atoms with Gasteiger partial charge in [-0.1, -0.05) is 12.1 Å². The molecular weight excluding hydrogens is 286 g/mol. The second kappa shape index (κ2) is 7.13. The Morgan fingerprint density at radius 1 is 1.33 bits per heavy atom. The number of benzene rings is 1. The first-order valence-electron chi connectivity index (χ1n) is 6.70. The second-order valence-corrected chi connectivity index (χ2v) is 5.73. The van der Waals surface area contributed by atoms with Gasteiger partial charge in [0.25, 0.3) is 5.91 Å². The molecule has 0 bridgehead atoms. The predicted octanol–water partition coefficient (Wildman–Crippen LogP) is 3.32. The van der Waals surface area contributed by atoms with Gasteiger partial charge in [0.2, 0.25) is 0 Å². The average molecular weight is 305 g/mol. The number of aryl methyl sites for hydroxylation is 1. The normalized spacial score (nSPS) is 11.8. The number of hydrogen-bond acceptors (Lipinski definition) is 4. The van der Waals surface area contributed by atoms with Crippen molar-refractivity contribution >= 4 is 17.2 Å². The Morgan fingerprint density at radius 2 is 2.14 bits per heavy atom. The largest absolute Gasteiger partial charge is 0.493 e. The van der Waals surface area contributed by atoms with E-state index in [1.165, 1.54) is 0 Å². The SMILES string of the molecule is COc1cc(C)ccc1OCC(=O)NC(C)c1cccs1. The van der Waals surface area contributed by atoms with Crippen LogP contribution in [-0.4, -0.2) is 19.6 Å². The first-order chi connectivity index (χ1) is 10.1. The molecule has 5 heteroatoms. The highest BCUT2D eigenvalue weighted by atomic mass is 32.1. The van der Waals surface area contributed by atoms with Crippen LogP contribution in [0.3, 0.4) is 0 Å². The molecule has 2 aromatic rings. The molecule has 0 spiro atoms. The summed E-state index contributed by atoms with van der Waals surface area (Å²) < 4.78 is 10.8. The minimum Gasteiger partial charge on any atom is -0.493 e. The predicted molar refractivity (Wildman–Crippen MR) is 84.1 cm³/mol. The summed E-state index contributed by atoms with van der Waals surface area (Å²) in [7, 11) is 1.58. The van der Waals surface area contributed by atoms with E-state index < -0.39 is 0 Å². The maximum Gasteiger partial charge on any atom is 0.258 e. The van der Waals surface area contributed by atoms with Crippen molar-refractivity contribution < 1.29 is 14.3 Å². The first-order valence-corrected chi connectivity index (χ1v) is 7.58. The summed E-state index contributed by atoms with van der Waals surface area (Å²) >= 11 is 1.62. The van der Waals surface area contributed by atoms with Gasteiger partial charge >= 0.3 is 0 Å². The van der Waals surface area contributed by atoms with Gasteiger partial charge in [-0.25, -0.2) is 0 Å². The number of rotatable bonds is 6. The van der Waals surface area contributed by atoms with E-state index in [9.17, 15) is 4.79 Å². The molecule has 0 aliphatic rings. The molecule has 1 unspecified atom stereocenters. The molecule has 0 radical (unpaired) electrons. The van der Waals surface area contributed by atoms with Crippen LogP contribution in [0, 0.1) is 6.92 Å². The van der Waals surface area contributed by atoms with E-state index >= 15 is 0 Å². The fraction of sp³-hybridized carbons (Fsp3) is 0.312. The molecule has 4 nitrogen and oxygen atoms in total. The molecule has 2 rings (SSSR count). The van der Waals surface area contributed by atoms with E-state index in [-0.39, 0.29) is 18.6 Å². The quantitative estimate of drug-likeness (QED) is 0.890. The topological polar surface area (TPSA) is 47.6 Å². The first kappa shape index (κ1) is 15.4.